The molecule has 7 nitrogen and oxygen atoms in total. The Labute approximate surface area is 174 Å². The van der Waals surface area contributed by atoms with Gasteiger partial charge in [0.1, 0.15) is 17.2 Å². The number of nitrogens with one attached hydrogen (secondary N) is 1. The van der Waals surface area contributed by atoms with Crippen LogP contribution in [0.4, 0.5) is 18.9 Å². The SMILES string of the molecule is NC1=N[C@@]2(c3cc(NC(=O)c4cnc(C(F)F)cn4)ccc3F)CCOC[C@H]2CS1. The molecule has 1 aromatic carbocycles. The number of carbonyl (C=O) groups excluding carboxylic acids is 1. The van der Waals surface area contributed by atoms with Crippen LogP contribution in [-0.4, -0.2) is 40.0 Å². The van der Waals surface area contributed by atoms with Gasteiger partial charge in [0.15, 0.2) is 5.17 Å². The molecule has 4 rings (SSSR count). The molecule has 0 spiro atoms. The van der Waals surface area contributed by atoms with Crippen LogP contribution in [-0.2, 0) is 10.3 Å². The lowest BCUT2D eigenvalue weighted by molar-refractivity contribution is 0.00886. The first kappa shape index (κ1) is 20.6. The highest BCUT2D eigenvalue weighted by Crippen LogP contribution is 2.46. The van der Waals surface area contributed by atoms with Crippen molar-refractivity contribution in [3.63, 3.8) is 0 Å². The van der Waals surface area contributed by atoms with E-state index in [1.807, 2.05) is 0 Å². The van der Waals surface area contributed by atoms with Gasteiger partial charge in [0.25, 0.3) is 12.3 Å². The number of nitrogens with two attached hydrogens (primary N) is 1. The molecule has 1 saturated heterocycles. The van der Waals surface area contributed by atoms with Gasteiger partial charge in [-0.05, 0) is 18.2 Å². The number of amidine groups is 1. The van der Waals surface area contributed by atoms with Crippen LogP contribution in [0.25, 0.3) is 0 Å². The molecule has 1 fully saturated rings. The van der Waals surface area contributed by atoms with Crippen molar-refractivity contribution in [2.75, 3.05) is 24.3 Å². The third kappa shape index (κ3) is 3.86. The second-order valence-electron chi connectivity index (χ2n) is 6.98. The van der Waals surface area contributed by atoms with E-state index in [4.69, 9.17) is 10.5 Å². The van der Waals surface area contributed by atoms with Crippen LogP contribution >= 0.6 is 11.8 Å². The quantitative estimate of drug-likeness (QED) is 0.762. The Morgan fingerprint density at radius 1 is 1.33 bits per heavy atom. The second-order valence-corrected chi connectivity index (χ2v) is 8.02. The van der Waals surface area contributed by atoms with Crippen molar-refractivity contribution < 1.29 is 22.7 Å². The summed E-state index contributed by atoms with van der Waals surface area (Å²) < 4.78 is 45.6. The average Bonchev–Trinajstić information content (AvgIpc) is 2.74. The van der Waals surface area contributed by atoms with E-state index in [1.54, 1.807) is 0 Å². The van der Waals surface area contributed by atoms with Crippen molar-refractivity contribution in [2.45, 2.75) is 18.4 Å². The first-order chi connectivity index (χ1) is 14.4. The normalized spacial score (nSPS) is 23.6. The van der Waals surface area contributed by atoms with Crippen LogP contribution in [0.2, 0.25) is 0 Å². The minimum absolute atomic E-state index is 0.0586. The first-order valence-electron chi connectivity index (χ1n) is 9.16. The first-order valence-corrected chi connectivity index (χ1v) is 10.1. The number of aliphatic imine (C=N–C) groups is 1. The van der Waals surface area contributed by atoms with Crippen LogP contribution in [0.15, 0.2) is 35.6 Å². The maximum atomic E-state index is 14.9. The summed E-state index contributed by atoms with van der Waals surface area (Å²) in [5.41, 5.74) is 5.08. The number of aromatic nitrogens is 2. The highest BCUT2D eigenvalue weighted by molar-refractivity contribution is 8.13. The molecule has 3 heterocycles. The second kappa shape index (κ2) is 8.23. The van der Waals surface area contributed by atoms with Crippen molar-refractivity contribution in [3.8, 4) is 0 Å². The number of fused-ring (bicyclic) bond motifs is 1. The molecule has 0 saturated carbocycles. The number of ether oxygens (including phenoxy) is 1. The number of nitrogens with zero attached hydrogens (tertiary/aromatic N) is 3. The van der Waals surface area contributed by atoms with Crippen molar-refractivity contribution in [2.24, 2.45) is 16.6 Å². The molecule has 0 unspecified atom stereocenters. The molecular weight excluding hydrogens is 419 g/mol. The number of hydrogen-bond donors (Lipinski definition) is 2. The monoisotopic (exact) mass is 437 g/mol. The molecule has 0 radical (unpaired) electrons. The molecule has 1 amide bonds. The van der Waals surface area contributed by atoms with Gasteiger partial charge in [-0.15, -0.1) is 0 Å². The van der Waals surface area contributed by atoms with Crippen LogP contribution in [0.1, 0.15) is 34.6 Å². The number of hydrogen-bond acceptors (Lipinski definition) is 7. The number of thioether (sulfide) groups is 1. The zero-order chi connectivity index (χ0) is 21.3. The third-order valence-electron chi connectivity index (χ3n) is 5.18. The maximum Gasteiger partial charge on any atom is 0.281 e. The Morgan fingerprint density at radius 2 is 2.17 bits per heavy atom. The van der Waals surface area contributed by atoms with Crippen LogP contribution in [0.5, 0.6) is 0 Å². The number of benzene rings is 1. The van der Waals surface area contributed by atoms with Crippen LogP contribution < -0.4 is 11.1 Å². The minimum atomic E-state index is -2.78. The molecule has 2 aliphatic heterocycles. The Kier molecular flexibility index (Phi) is 5.65. The van der Waals surface area contributed by atoms with Crippen LogP contribution in [0.3, 0.4) is 0 Å². The predicted octanol–water partition coefficient (Wildman–Crippen LogP) is 3.10. The Balaban J connectivity index is 1.63. The van der Waals surface area contributed by atoms with Gasteiger partial charge in [0, 0.05) is 35.9 Å². The largest absolute Gasteiger partial charge is 0.381 e. The molecule has 2 aliphatic rings. The van der Waals surface area contributed by atoms with Gasteiger partial charge in [-0.1, -0.05) is 11.8 Å². The number of halogens is 3. The lowest BCUT2D eigenvalue weighted by Crippen LogP contribution is -2.47. The average molecular weight is 437 g/mol. The summed E-state index contributed by atoms with van der Waals surface area (Å²) in [5, 5.41) is 2.99. The standard InChI is InChI=1S/C19H18F3N5O2S/c20-13-2-1-11(26-17(28)15-7-24-14(6-25-15)16(21)22)5-12(13)19-3-4-29-8-10(19)9-30-18(23)27-19/h1-2,5-7,10,16H,3-4,8-9H2,(H2,23,27)(H,26,28)/t10-,19-/m0/s1. The molecule has 0 bridgehead atoms. The van der Waals surface area contributed by atoms with Gasteiger partial charge in [-0.2, -0.15) is 0 Å². The molecule has 30 heavy (non-hydrogen) atoms. The van der Waals surface area contributed by atoms with E-state index in [9.17, 15) is 18.0 Å². The lowest BCUT2D eigenvalue weighted by Gasteiger charge is -2.44. The zero-order valence-corrected chi connectivity index (χ0v) is 16.5. The molecule has 2 atom stereocenters. The highest BCUT2D eigenvalue weighted by atomic mass is 32.2. The summed E-state index contributed by atoms with van der Waals surface area (Å²) in [4.78, 5) is 24.3. The van der Waals surface area contributed by atoms with E-state index in [-0.39, 0.29) is 11.6 Å². The van der Waals surface area contributed by atoms with Gasteiger partial charge >= 0.3 is 0 Å². The molecule has 2 aromatic rings. The van der Waals surface area contributed by atoms with Crippen molar-refractivity contribution >= 4 is 28.5 Å². The summed E-state index contributed by atoms with van der Waals surface area (Å²) in [6.45, 7) is 0.853. The number of rotatable bonds is 4. The van der Waals surface area contributed by atoms with E-state index >= 15 is 0 Å². The van der Waals surface area contributed by atoms with Gasteiger partial charge in [-0.3, -0.25) is 14.8 Å². The molecular formula is C19H18F3N5O2S. The fourth-order valence-corrected chi connectivity index (χ4v) is 4.63. The Hall–Kier alpha value is -2.66. The van der Waals surface area contributed by atoms with Gasteiger partial charge in [0.05, 0.1) is 24.5 Å². The van der Waals surface area contributed by atoms with E-state index in [0.29, 0.717) is 41.8 Å². The highest BCUT2D eigenvalue weighted by Gasteiger charge is 2.47. The fraction of sp³-hybridized carbons (Fsp3) is 0.368. The molecule has 1 aromatic heterocycles. The maximum absolute atomic E-state index is 14.9. The number of carbonyl (C=O) groups is 1. The molecule has 3 N–H and O–H groups in total. The number of alkyl halides is 2. The summed E-state index contributed by atoms with van der Waals surface area (Å²) in [7, 11) is 0. The van der Waals surface area contributed by atoms with Gasteiger partial charge < -0.3 is 15.8 Å². The third-order valence-corrected chi connectivity index (χ3v) is 6.14. The smallest absolute Gasteiger partial charge is 0.281 e. The van der Waals surface area contributed by atoms with E-state index < -0.39 is 29.4 Å². The number of anilines is 1. The Bertz CT molecular complexity index is 989. The van der Waals surface area contributed by atoms with Gasteiger partial charge in [-0.25, -0.2) is 18.2 Å². The molecule has 0 aliphatic carbocycles. The van der Waals surface area contributed by atoms with Crippen molar-refractivity contribution in [3.05, 3.63) is 53.4 Å². The minimum Gasteiger partial charge on any atom is -0.381 e. The van der Waals surface area contributed by atoms with Crippen molar-refractivity contribution in [1.29, 1.82) is 0 Å². The molecule has 158 valence electrons. The lowest BCUT2D eigenvalue weighted by atomic mass is 9.75. The number of amides is 1. The molecule has 11 heteroatoms. The summed E-state index contributed by atoms with van der Waals surface area (Å²) in [6.07, 6.45) is -0.494. The summed E-state index contributed by atoms with van der Waals surface area (Å²) >= 11 is 1.41. The fourth-order valence-electron chi connectivity index (χ4n) is 3.66. The Morgan fingerprint density at radius 3 is 2.90 bits per heavy atom. The summed E-state index contributed by atoms with van der Waals surface area (Å²) in [6, 6.07) is 4.19. The summed E-state index contributed by atoms with van der Waals surface area (Å²) in [5.74, 6) is -0.512. The van der Waals surface area contributed by atoms with E-state index in [0.717, 1.165) is 12.4 Å². The van der Waals surface area contributed by atoms with E-state index in [1.165, 1.54) is 30.0 Å². The van der Waals surface area contributed by atoms with E-state index in [2.05, 4.69) is 20.3 Å². The predicted molar refractivity (Wildman–Crippen MR) is 106 cm³/mol. The van der Waals surface area contributed by atoms with Crippen LogP contribution in [0, 0.1) is 11.7 Å². The topological polar surface area (TPSA) is 102 Å². The van der Waals surface area contributed by atoms with Gasteiger partial charge in [0.2, 0.25) is 0 Å². The zero-order valence-electron chi connectivity index (χ0n) is 15.6. The van der Waals surface area contributed by atoms with Crippen molar-refractivity contribution in [1.82, 2.24) is 9.97 Å².